The van der Waals surface area contributed by atoms with E-state index >= 15 is 0 Å². The van der Waals surface area contributed by atoms with Crippen LogP contribution in [0.3, 0.4) is 0 Å². The Bertz CT molecular complexity index is 1450. The van der Waals surface area contributed by atoms with Gasteiger partial charge in [0.05, 0.1) is 26.8 Å². The fourth-order valence-corrected chi connectivity index (χ4v) is 4.43. The summed E-state index contributed by atoms with van der Waals surface area (Å²) in [5.74, 6) is -1.66. The molecule has 0 unspecified atom stereocenters. The summed E-state index contributed by atoms with van der Waals surface area (Å²) in [7, 11) is 0. The van der Waals surface area contributed by atoms with E-state index in [1.54, 1.807) is 37.3 Å². The van der Waals surface area contributed by atoms with Gasteiger partial charge in [0.2, 0.25) is 0 Å². The first-order valence-electron chi connectivity index (χ1n) is 10.9. The highest BCUT2D eigenvalue weighted by molar-refractivity contribution is 9.10. The minimum atomic E-state index is -0.972. The van der Waals surface area contributed by atoms with Crippen molar-refractivity contribution in [1.82, 2.24) is 5.32 Å². The van der Waals surface area contributed by atoms with Crippen molar-refractivity contribution in [2.24, 2.45) is 0 Å². The second-order valence-electron chi connectivity index (χ2n) is 7.74. The van der Waals surface area contributed by atoms with E-state index in [9.17, 15) is 18.8 Å². The van der Waals surface area contributed by atoms with Crippen LogP contribution in [0.1, 0.15) is 18.1 Å². The number of nitrogens with one attached hydrogen (secondary N) is 1. The van der Waals surface area contributed by atoms with Crippen LogP contribution >= 0.6 is 39.1 Å². The number of carbonyl (C=O) groups is 3. The van der Waals surface area contributed by atoms with E-state index in [4.69, 9.17) is 32.7 Å². The van der Waals surface area contributed by atoms with Crippen molar-refractivity contribution in [2.75, 3.05) is 11.5 Å². The average molecular weight is 608 g/mol. The van der Waals surface area contributed by atoms with Crippen LogP contribution in [-0.2, 0) is 16.2 Å². The largest absolute Gasteiger partial charge is 0.490 e. The number of anilines is 1. The Balaban J connectivity index is 1.66. The number of nitrogens with zero attached hydrogens (tertiary/aromatic N) is 1. The molecule has 0 saturated carbocycles. The summed E-state index contributed by atoms with van der Waals surface area (Å²) >= 11 is 15.5. The summed E-state index contributed by atoms with van der Waals surface area (Å²) in [6.07, 6.45) is 1.31. The van der Waals surface area contributed by atoms with Crippen LogP contribution in [0.5, 0.6) is 11.5 Å². The molecule has 190 valence electrons. The Morgan fingerprint density at radius 3 is 2.51 bits per heavy atom. The van der Waals surface area contributed by atoms with Gasteiger partial charge in [-0.15, -0.1) is 0 Å². The van der Waals surface area contributed by atoms with E-state index in [0.717, 1.165) is 11.6 Å². The first-order valence-corrected chi connectivity index (χ1v) is 12.4. The molecule has 0 aromatic heterocycles. The summed E-state index contributed by atoms with van der Waals surface area (Å²) < 4.78 is 25.9. The minimum absolute atomic E-state index is 0.0110. The lowest BCUT2D eigenvalue weighted by atomic mass is 10.1. The Hall–Kier alpha value is -3.40. The second-order valence-corrected chi connectivity index (χ2v) is 9.41. The van der Waals surface area contributed by atoms with Gasteiger partial charge in [0, 0.05) is 0 Å². The number of carbonyl (C=O) groups excluding carboxylic acids is 3. The zero-order valence-electron chi connectivity index (χ0n) is 19.2. The highest BCUT2D eigenvalue weighted by atomic mass is 79.9. The smallest absolute Gasteiger partial charge is 0.335 e. The summed E-state index contributed by atoms with van der Waals surface area (Å²) in [5.41, 5.74) is 0.872. The predicted octanol–water partition coefficient (Wildman–Crippen LogP) is 6.54. The third-order valence-electron chi connectivity index (χ3n) is 5.18. The SMILES string of the molecule is CCOc1cc(/C=C2\C(=O)NC(=O)N(c3cccc(F)c3)C2=O)cc(Br)c1OCc1ccc(Cl)c(Cl)c1. The molecule has 11 heteroatoms. The number of hydrogen-bond donors (Lipinski definition) is 1. The molecule has 1 saturated heterocycles. The summed E-state index contributed by atoms with van der Waals surface area (Å²) in [4.78, 5) is 38.7. The van der Waals surface area contributed by atoms with Crippen LogP contribution in [0.15, 0.2) is 64.6 Å². The maximum absolute atomic E-state index is 13.7. The van der Waals surface area contributed by atoms with Gasteiger partial charge in [0.15, 0.2) is 11.5 Å². The number of hydrogen-bond acceptors (Lipinski definition) is 5. The zero-order chi connectivity index (χ0) is 26.7. The molecule has 1 fully saturated rings. The van der Waals surface area contributed by atoms with E-state index < -0.39 is 23.7 Å². The van der Waals surface area contributed by atoms with Gasteiger partial charge in [-0.05, 0) is 82.5 Å². The monoisotopic (exact) mass is 606 g/mol. The Kier molecular flexibility index (Phi) is 8.16. The summed E-state index contributed by atoms with van der Waals surface area (Å²) in [6, 6.07) is 12.3. The number of rotatable bonds is 7. The molecule has 7 nitrogen and oxygen atoms in total. The average Bonchev–Trinajstić information content (AvgIpc) is 2.83. The summed E-state index contributed by atoms with van der Waals surface area (Å²) in [5, 5.41) is 2.94. The van der Waals surface area contributed by atoms with Crippen molar-refractivity contribution in [1.29, 1.82) is 0 Å². The third kappa shape index (κ3) is 5.95. The van der Waals surface area contributed by atoms with Gasteiger partial charge in [-0.2, -0.15) is 0 Å². The second kappa shape index (κ2) is 11.3. The van der Waals surface area contributed by atoms with Gasteiger partial charge in [0.1, 0.15) is 18.0 Å². The Morgan fingerprint density at radius 2 is 1.81 bits per heavy atom. The molecule has 37 heavy (non-hydrogen) atoms. The van der Waals surface area contributed by atoms with Crippen LogP contribution in [0, 0.1) is 5.82 Å². The van der Waals surface area contributed by atoms with E-state index in [-0.39, 0.29) is 17.9 Å². The zero-order valence-corrected chi connectivity index (χ0v) is 22.3. The quantitative estimate of drug-likeness (QED) is 0.243. The molecule has 1 aliphatic heterocycles. The Labute approximate surface area is 229 Å². The normalized spacial score (nSPS) is 14.7. The molecule has 3 aromatic carbocycles. The van der Waals surface area contributed by atoms with Gasteiger partial charge in [-0.25, -0.2) is 14.1 Å². The fourth-order valence-electron chi connectivity index (χ4n) is 3.53. The molecule has 4 amide bonds. The molecule has 0 atom stereocenters. The number of imide groups is 2. The van der Waals surface area contributed by atoms with Crippen molar-refractivity contribution in [3.05, 3.63) is 91.6 Å². The van der Waals surface area contributed by atoms with E-state index in [0.29, 0.717) is 43.1 Å². The number of urea groups is 1. The third-order valence-corrected chi connectivity index (χ3v) is 6.51. The van der Waals surface area contributed by atoms with E-state index in [1.165, 1.54) is 24.3 Å². The molecule has 0 bridgehead atoms. The van der Waals surface area contributed by atoms with Gasteiger partial charge in [-0.1, -0.05) is 35.3 Å². The molecule has 0 spiro atoms. The molecule has 0 radical (unpaired) electrons. The lowest BCUT2D eigenvalue weighted by molar-refractivity contribution is -0.122. The van der Waals surface area contributed by atoms with Gasteiger partial charge in [-0.3, -0.25) is 14.9 Å². The van der Waals surface area contributed by atoms with Crippen LogP contribution in [0.4, 0.5) is 14.9 Å². The molecular formula is C26H18BrCl2FN2O5. The first-order chi connectivity index (χ1) is 17.7. The number of barbiturate groups is 1. The highest BCUT2D eigenvalue weighted by Gasteiger charge is 2.37. The van der Waals surface area contributed by atoms with Crippen molar-refractivity contribution < 1.29 is 28.2 Å². The lowest BCUT2D eigenvalue weighted by Crippen LogP contribution is -2.54. The fraction of sp³-hybridized carbons (Fsp3) is 0.115. The van der Waals surface area contributed by atoms with Crippen LogP contribution < -0.4 is 19.7 Å². The van der Waals surface area contributed by atoms with E-state index in [2.05, 4.69) is 21.2 Å². The molecule has 0 aliphatic carbocycles. The van der Waals surface area contributed by atoms with Crippen molar-refractivity contribution in [3.8, 4) is 11.5 Å². The molecule has 3 aromatic rings. The molecule has 1 aliphatic rings. The highest BCUT2D eigenvalue weighted by Crippen LogP contribution is 2.38. The van der Waals surface area contributed by atoms with Crippen LogP contribution in [0.25, 0.3) is 6.08 Å². The van der Waals surface area contributed by atoms with Crippen LogP contribution in [0.2, 0.25) is 10.0 Å². The van der Waals surface area contributed by atoms with Crippen molar-refractivity contribution in [3.63, 3.8) is 0 Å². The molecule has 1 heterocycles. The van der Waals surface area contributed by atoms with Gasteiger partial charge < -0.3 is 9.47 Å². The van der Waals surface area contributed by atoms with Gasteiger partial charge >= 0.3 is 6.03 Å². The number of halogens is 4. The summed E-state index contributed by atoms with van der Waals surface area (Å²) in [6.45, 7) is 2.28. The van der Waals surface area contributed by atoms with Gasteiger partial charge in [0.25, 0.3) is 11.8 Å². The Morgan fingerprint density at radius 1 is 1.03 bits per heavy atom. The topological polar surface area (TPSA) is 84.9 Å². The first kappa shape index (κ1) is 26.7. The number of ether oxygens (including phenoxy) is 2. The molecule has 1 N–H and O–H groups in total. The maximum Gasteiger partial charge on any atom is 0.335 e. The number of benzene rings is 3. The molecular weight excluding hydrogens is 590 g/mol. The van der Waals surface area contributed by atoms with E-state index in [1.807, 2.05) is 0 Å². The van der Waals surface area contributed by atoms with Crippen LogP contribution in [-0.4, -0.2) is 24.5 Å². The lowest BCUT2D eigenvalue weighted by Gasteiger charge is -2.26. The molecule has 4 rings (SSSR count). The number of amides is 4. The van der Waals surface area contributed by atoms with Crippen molar-refractivity contribution in [2.45, 2.75) is 13.5 Å². The maximum atomic E-state index is 13.7. The predicted molar refractivity (Wildman–Crippen MR) is 142 cm³/mol. The standard InChI is InChI=1S/C26H18BrCl2FN2O5/c1-2-36-22-11-15(9-19(27)23(22)37-13-14-6-7-20(28)21(29)10-14)8-18-24(33)31-26(35)32(25(18)34)17-5-3-4-16(30)12-17/h3-12H,2,13H2,1H3,(H,31,33,35)/b18-8+. The van der Waals surface area contributed by atoms with Crippen molar-refractivity contribution >= 4 is 68.7 Å². The minimum Gasteiger partial charge on any atom is -0.490 e.